The number of aryl methyl sites for hydroxylation is 1. The predicted octanol–water partition coefficient (Wildman–Crippen LogP) is 2.52. The van der Waals surface area contributed by atoms with E-state index in [1.807, 2.05) is 48.7 Å². The second-order valence-corrected chi connectivity index (χ2v) is 6.60. The van der Waals surface area contributed by atoms with Crippen molar-refractivity contribution < 1.29 is 9.59 Å². The van der Waals surface area contributed by atoms with E-state index in [1.54, 1.807) is 16.2 Å². The molecule has 1 aliphatic heterocycles. The molecule has 3 rings (SSSR count). The second-order valence-electron chi connectivity index (χ2n) is 5.56. The largest absolute Gasteiger partial charge is 0.351 e. The van der Waals surface area contributed by atoms with Gasteiger partial charge in [-0.2, -0.15) is 0 Å². The normalized spacial score (nSPS) is 17.8. The lowest BCUT2D eigenvalue weighted by molar-refractivity contribution is -0.121. The summed E-state index contributed by atoms with van der Waals surface area (Å²) in [5.41, 5.74) is 2.06. The summed E-state index contributed by atoms with van der Waals surface area (Å²) in [5.74, 6) is 0.0382. The summed E-state index contributed by atoms with van der Waals surface area (Å²) in [7, 11) is 0. The van der Waals surface area contributed by atoms with Gasteiger partial charge in [-0.25, -0.2) is 0 Å². The minimum absolute atomic E-state index is 0.0222. The molecule has 1 saturated heterocycles. The molecule has 22 heavy (non-hydrogen) atoms. The van der Waals surface area contributed by atoms with Crippen LogP contribution < -0.4 is 10.2 Å². The van der Waals surface area contributed by atoms with Gasteiger partial charge in [0.15, 0.2) is 0 Å². The van der Waals surface area contributed by atoms with E-state index in [9.17, 15) is 9.59 Å². The zero-order chi connectivity index (χ0) is 15.5. The van der Waals surface area contributed by atoms with E-state index >= 15 is 0 Å². The van der Waals surface area contributed by atoms with E-state index < -0.39 is 0 Å². The zero-order valence-corrected chi connectivity index (χ0v) is 13.2. The fourth-order valence-electron chi connectivity index (χ4n) is 2.63. The van der Waals surface area contributed by atoms with Crippen LogP contribution in [0.2, 0.25) is 0 Å². The van der Waals surface area contributed by atoms with Crippen molar-refractivity contribution in [2.45, 2.75) is 25.8 Å². The number of hydrogen-bond donors (Lipinski definition) is 1. The molecule has 0 unspecified atom stereocenters. The minimum atomic E-state index is -0.110. The van der Waals surface area contributed by atoms with Crippen molar-refractivity contribution in [3.8, 4) is 0 Å². The number of carbonyl (C=O) groups is 2. The summed E-state index contributed by atoms with van der Waals surface area (Å²) in [6.07, 6.45) is 0.747. The van der Waals surface area contributed by atoms with E-state index in [0.29, 0.717) is 19.4 Å². The Morgan fingerprint density at radius 2 is 2.09 bits per heavy atom. The van der Waals surface area contributed by atoms with E-state index in [1.165, 1.54) is 0 Å². The lowest BCUT2D eigenvalue weighted by Gasteiger charge is -2.17. The molecular formula is C17H18N2O2S. The fourth-order valence-corrected chi connectivity index (χ4v) is 3.33. The van der Waals surface area contributed by atoms with Crippen molar-refractivity contribution in [3.63, 3.8) is 0 Å². The molecule has 1 atom stereocenters. The third kappa shape index (κ3) is 3.36. The molecule has 0 aliphatic carbocycles. The molecule has 4 nitrogen and oxygen atoms in total. The summed E-state index contributed by atoms with van der Waals surface area (Å²) in [5, 5.41) is 4.92. The zero-order valence-electron chi connectivity index (χ0n) is 12.4. The highest BCUT2D eigenvalue weighted by Gasteiger charge is 2.31. The van der Waals surface area contributed by atoms with Gasteiger partial charge in [-0.3, -0.25) is 9.59 Å². The van der Waals surface area contributed by atoms with Crippen molar-refractivity contribution in [2.75, 3.05) is 11.4 Å². The fraction of sp³-hybridized carbons (Fsp3) is 0.294. The van der Waals surface area contributed by atoms with Gasteiger partial charge in [-0.05, 0) is 30.5 Å². The monoisotopic (exact) mass is 314 g/mol. The average Bonchev–Trinajstić information content (AvgIpc) is 3.10. The Kier molecular flexibility index (Phi) is 4.24. The number of hydrogen-bond acceptors (Lipinski definition) is 3. The molecular weight excluding hydrogens is 296 g/mol. The Hall–Kier alpha value is -2.14. The molecule has 114 valence electrons. The topological polar surface area (TPSA) is 49.4 Å². The Morgan fingerprint density at radius 1 is 1.32 bits per heavy atom. The van der Waals surface area contributed by atoms with Gasteiger partial charge < -0.3 is 10.2 Å². The van der Waals surface area contributed by atoms with Gasteiger partial charge >= 0.3 is 0 Å². The predicted molar refractivity (Wildman–Crippen MR) is 88.1 cm³/mol. The van der Waals surface area contributed by atoms with Crippen LogP contribution >= 0.6 is 11.3 Å². The summed E-state index contributed by atoms with van der Waals surface area (Å²) < 4.78 is 0. The molecule has 0 spiro atoms. The molecule has 1 aromatic carbocycles. The number of nitrogens with one attached hydrogen (secondary N) is 1. The van der Waals surface area contributed by atoms with E-state index in [4.69, 9.17) is 0 Å². The molecule has 0 bridgehead atoms. The molecule has 0 saturated carbocycles. The molecule has 0 radical (unpaired) electrons. The van der Waals surface area contributed by atoms with E-state index in [2.05, 4.69) is 5.32 Å². The van der Waals surface area contributed by atoms with Gasteiger partial charge in [0.05, 0.1) is 12.5 Å². The van der Waals surface area contributed by atoms with Gasteiger partial charge in [0.1, 0.15) is 0 Å². The third-order valence-electron chi connectivity index (χ3n) is 3.75. The molecule has 2 heterocycles. The van der Waals surface area contributed by atoms with Crippen LogP contribution in [0.5, 0.6) is 0 Å². The van der Waals surface area contributed by atoms with Crippen molar-refractivity contribution >= 4 is 28.8 Å². The van der Waals surface area contributed by atoms with Crippen molar-refractivity contribution in [1.29, 1.82) is 0 Å². The van der Waals surface area contributed by atoms with Crippen LogP contribution in [0.4, 0.5) is 5.69 Å². The maximum absolute atomic E-state index is 12.1. The Labute approximate surface area is 133 Å². The Balaban J connectivity index is 1.59. The average molecular weight is 314 g/mol. The lowest BCUT2D eigenvalue weighted by atomic mass is 10.2. The summed E-state index contributed by atoms with van der Waals surface area (Å²) >= 11 is 1.57. The van der Waals surface area contributed by atoms with Crippen LogP contribution in [0.25, 0.3) is 0 Å². The van der Waals surface area contributed by atoms with Crippen LogP contribution in [0.15, 0.2) is 41.8 Å². The first-order valence-electron chi connectivity index (χ1n) is 7.30. The first kappa shape index (κ1) is 14.8. The number of carbonyl (C=O) groups excluding carboxylic acids is 2. The smallest absolute Gasteiger partial charge is 0.229 e. The number of thiophene rings is 1. The Bertz CT molecular complexity index is 664. The van der Waals surface area contributed by atoms with Crippen LogP contribution in [0.1, 0.15) is 16.9 Å². The summed E-state index contributed by atoms with van der Waals surface area (Å²) in [6, 6.07) is 11.7. The second kappa shape index (κ2) is 6.32. The van der Waals surface area contributed by atoms with Gasteiger partial charge in [0.2, 0.25) is 11.8 Å². The number of benzene rings is 1. The quantitative estimate of drug-likeness (QED) is 0.943. The number of nitrogens with zero attached hydrogens (tertiary/aromatic N) is 1. The third-order valence-corrected chi connectivity index (χ3v) is 4.63. The molecule has 1 aliphatic rings. The first-order valence-corrected chi connectivity index (χ1v) is 8.18. The Morgan fingerprint density at radius 3 is 2.77 bits per heavy atom. The van der Waals surface area contributed by atoms with Crippen LogP contribution in [0.3, 0.4) is 0 Å². The highest BCUT2D eigenvalue weighted by atomic mass is 32.1. The highest BCUT2D eigenvalue weighted by molar-refractivity contribution is 7.10. The van der Waals surface area contributed by atoms with E-state index in [0.717, 1.165) is 16.1 Å². The van der Waals surface area contributed by atoms with Crippen molar-refractivity contribution in [3.05, 3.63) is 52.2 Å². The number of anilines is 1. The molecule has 1 aromatic heterocycles. The summed E-state index contributed by atoms with van der Waals surface area (Å²) in [6.45, 7) is 2.56. The lowest BCUT2D eigenvalue weighted by Crippen LogP contribution is -2.37. The molecule has 5 heteroatoms. The SMILES string of the molecule is Cc1ccc(N2C[C@H](NC(=O)Cc3cccs3)CC2=O)cc1. The highest BCUT2D eigenvalue weighted by Crippen LogP contribution is 2.22. The van der Waals surface area contributed by atoms with Gasteiger partial charge in [0.25, 0.3) is 0 Å². The van der Waals surface area contributed by atoms with Gasteiger partial charge in [-0.15, -0.1) is 11.3 Å². The summed E-state index contributed by atoms with van der Waals surface area (Å²) in [4.78, 5) is 27.0. The standard InChI is InChI=1S/C17H18N2O2S/c1-12-4-6-14(7-5-12)19-11-13(9-17(19)21)18-16(20)10-15-3-2-8-22-15/h2-8,13H,9-11H2,1H3,(H,18,20)/t13-/m1/s1. The molecule has 1 fully saturated rings. The minimum Gasteiger partial charge on any atom is -0.351 e. The molecule has 2 aromatic rings. The van der Waals surface area contributed by atoms with Gasteiger partial charge in [0, 0.05) is 23.5 Å². The number of rotatable bonds is 4. The molecule has 1 N–H and O–H groups in total. The van der Waals surface area contributed by atoms with Gasteiger partial charge in [-0.1, -0.05) is 23.8 Å². The van der Waals surface area contributed by atoms with Crippen LogP contribution in [-0.4, -0.2) is 24.4 Å². The maximum Gasteiger partial charge on any atom is 0.229 e. The first-order chi connectivity index (χ1) is 10.6. The van der Waals surface area contributed by atoms with Crippen LogP contribution in [0, 0.1) is 6.92 Å². The number of amides is 2. The van der Waals surface area contributed by atoms with Crippen molar-refractivity contribution in [1.82, 2.24) is 5.32 Å². The maximum atomic E-state index is 12.1. The van der Waals surface area contributed by atoms with E-state index in [-0.39, 0.29) is 17.9 Å². The van der Waals surface area contributed by atoms with Crippen molar-refractivity contribution in [2.24, 2.45) is 0 Å². The van der Waals surface area contributed by atoms with Crippen LogP contribution in [-0.2, 0) is 16.0 Å². The molecule has 2 amide bonds.